The van der Waals surface area contributed by atoms with Crippen molar-refractivity contribution in [1.82, 2.24) is 14.5 Å². The molecule has 3 nitrogen and oxygen atoms in total. The van der Waals surface area contributed by atoms with Crippen molar-refractivity contribution in [3.05, 3.63) is 30.1 Å². The zero-order chi connectivity index (χ0) is 25.0. The number of para-hydroxylation sites is 2. The van der Waals surface area contributed by atoms with Gasteiger partial charge in [0, 0.05) is 19.5 Å². The Bertz CT molecular complexity index is 755. The minimum atomic E-state index is 0. The van der Waals surface area contributed by atoms with Crippen molar-refractivity contribution in [1.29, 1.82) is 0 Å². The van der Waals surface area contributed by atoms with Crippen LogP contribution >= 0.6 is 12.4 Å². The van der Waals surface area contributed by atoms with E-state index in [0.29, 0.717) is 0 Å². The fourth-order valence-corrected chi connectivity index (χ4v) is 5.23. The van der Waals surface area contributed by atoms with Gasteiger partial charge in [-0.1, -0.05) is 135 Å². The number of nitrogens with zero attached hydrogens (tertiary/aromatic N) is 3. The highest BCUT2D eigenvalue weighted by molar-refractivity contribution is 5.85. The Morgan fingerprint density at radius 3 is 1.56 bits per heavy atom. The second-order valence-corrected chi connectivity index (χ2v) is 11.1. The molecule has 0 amide bonds. The summed E-state index contributed by atoms with van der Waals surface area (Å²) < 4.78 is 2.45. The lowest BCUT2D eigenvalue weighted by atomic mass is 10.0. The van der Waals surface area contributed by atoms with E-state index in [1.54, 1.807) is 0 Å². The molecule has 0 saturated heterocycles. The van der Waals surface area contributed by atoms with Gasteiger partial charge in [-0.15, -0.1) is 12.4 Å². The van der Waals surface area contributed by atoms with Crippen LogP contribution in [0.4, 0.5) is 0 Å². The highest BCUT2D eigenvalue weighted by atomic mass is 35.5. The zero-order valence-corrected chi connectivity index (χ0v) is 24.9. The first-order valence-corrected chi connectivity index (χ1v) is 15.3. The van der Waals surface area contributed by atoms with Crippen LogP contribution in [0.25, 0.3) is 11.0 Å². The number of unbranched alkanes of at least 4 members (excludes halogenated alkanes) is 18. The van der Waals surface area contributed by atoms with Crippen LogP contribution in [0.5, 0.6) is 0 Å². The lowest BCUT2D eigenvalue weighted by molar-refractivity contribution is 0.383. The molecule has 0 unspecified atom stereocenters. The molecule has 1 aromatic carbocycles. The van der Waals surface area contributed by atoms with Crippen LogP contribution in [0.1, 0.15) is 135 Å². The van der Waals surface area contributed by atoms with Crippen molar-refractivity contribution in [3.63, 3.8) is 0 Å². The Morgan fingerprint density at radius 2 is 1.08 bits per heavy atom. The summed E-state index contributed by atoms with van der Waals surface area (Å²) in [7, 11) is 4.30. The average Bonchev–Trinajstić information content (AvgIpc) is 3.21. The lowest BCUT2D eigenvalue weighted by Crippen LogP contribution is -2.19. The smallest absolute Gasteiger partial charge is 0.109 e. The molecule has 2 rings (SSSR count). The monoisotopic (exact) mass is 519 g/mol. The van der Waals surface area contributed by atoms with Crippen LogP contribution in [0.15, 0.2) is 24.3 Å². The van der Waals surface area contributed by atoms with Crippen LogP contribution in [0.2, 0.25) is 0 Å². The molecule has 0 saturated carbocycles. The molecule has 1 heterocycles. The summed E-state index contributed by atoms with van der Waals surface area (Å²) in [5.41, 5.74) is 2.45. The lowest BCUT2D eigenvalue weighted by Gasteiger charge is -2.13. The average molecular weight is 520 g/mol. The molecule has 2 aromatic rings. The maximum Gasteiger partial charge on any atom is 0.109 e. The van der Waals surface area contributed by atoms with Crippen molar-refractivity contribution in [2.45, 2.75) is 142 Å². The van der Waals surface area contributed by atoms with E-state index in [9.17, 15) is 0 Å². The van der Waals surface area contributed by atoms with Gasteiger partial charge in [-0.2, -0.15) is 0 Å². The van der Waals surface area contributed by atoms with Gasteiger partial charge in [0.15, 0.2) is 0 Å². The van der Waals surface area contributed by atoms with Crippen molar-refractivity contribution >= 4 is 23.4 Å². The highest BCUT2D eigenvalue weighted by Crippen LogP contribution is 2.19. The van der Waals surface area contributed by atoms with Crippen molar-refractivity contribution < 1.29 is 0 Å². The van der Waals surface area contributed by atoms with Crippen molar-refractivity contribution in [2.75, 3.05) is 20.6 Å². The summed E-state index contributed by atoms with van der Waals surface area (Å²) in [5, 5.41) is 0. The number of halogens is 1. The van der Waals surface area contributed by atoms with Gasteiger partial charge in [-0.25, -0.2) is 4.98 Å². The van der Waals surface area contributed by atoms with E-state index in [0.717, 1.165) is 25.0 Å². The first-order valence-electron chi connectivity index (χ1n) is 15.3. The fraction of sp³-hybridized carbons (Fsp3) is 0.781. The van der Waals surface area contributed by atoms with Crippen LogP contribution in [0, 0.1) is 0 Å². The molecule has 36 heavy (non-hydrogen) atoms. The van der Waals surface area contributed by atoms with E-state index in [4.69, 9.17) is 4.98 Å². The second kappa shape index (κ2) is 22.0. The topological polar surface area (TPSA) is 21.1 Å². The summed E-state index contributed by atoms with van der Waals surface area (Å²) in [6.07, 6.45) is 28.3. The second-order valence-electron chi connectivity index (χ2n) is 11.1. The highest BCUT2D eigenvalue weighted by Gasteiger charge is 2.10. The molecule has 4 heteroatoms. The number of imidazole rings is 1. The molecule has 0 fully saturated rings. The number of rotatable bonds is 23. The summed E-state index contributed by atoms with van der Waals surface area (Å²) in [4.78, 5) is 7.21. The first-order chi connectivity index (χ1) is 17.2. The number of hydrogen-bond donors (Lipinski definition) is 0. The zero-order valence-electron chi connectivity index (χ0n) is 24.1. The van der Waals surface area contributed by atoms with Crippen LogP contribution in [0.3, 0.4) is 0 Å². The van der Waals surface area contributed by atoms with Gasteiger partial charge < -0.3 is 9.47 Å². The number of aromatic nitrogens is 2. The van der Waals surface area contributed by atoms with E-state index < -0.39 is 0 Å². The largest absolute Gasteiger partial charge is 0.327 e. The standard InChI is InChI=1S/C32H57N3.ClH/c1-4-5-6-7-8-9-10-11-12-13-14-15-16-17-18-19-20-21-22-27-32-33-30-25-23-24-26-31(30)35(32)29-28-34(2)3;/h23-26H,4-22,27-29H2,1-3H3;1H. The van der Waals surface area contributed by atoms with E-state index in [1.165, 1.54) is 133 Å². The summed E-state index contributed by atoms with van der Waals surface area (Å²) in [5.74, 6) is 1.28. The van der Waals surface area contributed by atoms with Crippen molar-refractivity contribution in [2.24, 2.45) is 0 Å². The molecule has 0 N–H and O–H groups in total. The van der Waals surface area contributed by atoms with E-state index in [-0.39, 0.29) is 12.4 Å². The number of benzene rings is 1. The Hall–Kier alpha value is -1.06. The molecular weight excluding hydrogens is 462 g/mol. The molecule has 0 bridgehead atoms. The molecule has 1 aromatic heterocycles. The van der Waals surface area contributed by atoms with Crippen molar-refractivity contribution in [3.8, 4) is 0 Å². The maximum atomic E-state index is 4.95. The number of hydrogen-bond acceptors (Lipinski definition) is 2. The van der Waals surface area contributed by atoms with Crippen LogP contribution in [-0.4, -0.2) is 35.1 Å². The predicted molar refractivity (Wildman–Crippen MR) is 163 cm³/mol. The van der Waals surface area contributed by atoms with Gasteiger partial charge in [0.05, 0.1) is 11.0 Å². The van der Waals surface area contributed by atoms with E-state index in [2.05, 4.69) is 54.8 Å². The van der Waals surface area contributed by atoms with Crippen LogP contribution < -0.4 is 0 Å². The van der Waals surface area contributed by atoms with Crippen LogP contribution in [-0.2, 0) is 13.0 Å². The minimum absolute atomic E-state index is 0. The number of likely N-dealkylation sites (N-methyl/N-ethyl adjacent to an activating group) is 1. The maximum absolute atomic E-state index is 4.95. The minimum Gasteiger partial charge on any atom is -0.327 e. The Labute approximate surface area is 230 Å². The van der Waals surface area contributed by atoms with Gasteiger partial charge in [-0.3, -0.25) is 0 Å². The number of fused-ring (bicyclic) bond motifs is 1. The molecule has 0 aliphatic carbocycles. The fourth-order valence-electron chi connectivity index (χ4n) is 5.23. The molecule has 0 aliphatic rings. The van der Waals surface area contributed by atoms with Gasteiger partial charge in [-0.05, 0) is 32.6 Å². The predicted octanol–water partition coefficient (Wildman–Crippen LogP) is 9.99. The molecule has 0 aliphatic heterocycles. The van der Waals surface area contributed by atoms with Gasteiger partial charge in [0.2, 0.25) is 0 Å². The third-order valence-electron chi connectivity index (χ3n) is 7.51. The van der Waals surface area contributed by atoms with E-state index in [1.807, 2.05) is 0 Å². The third-order valence-corrected chi connectivity index (χ3v) is 7.51. The SMILES string of the molecule is CCCCCCCCCCCCCCCCCCCCCc1nc2ccccc2n1CCN(C)C.Cl. The molecule has 0 spiro atoms. The summed E-state index contributed by atoms with van der Waals surface area (Å²) in [6, 6.07) is 8.61. The van der Waals surface area contributed by atoms with E-state index >= 15 is 0 Å². The quantitative estimate of drug-likeness (QED) is 0.136. The molecular formula is C32H58ClN3. The number of aryl methyl sites for hydroxylation is 1. The summed E-state index contributed by atoms with van der Waals surface area (Å²) in [6.45, 7) is 4.39. The Morgan fingerprint density at radius 1 is 0.639 bits per heavy atom. The molecule has 0 atom stereocenters. The Kier molecular flexibility index (Phi) is 20.1. The Balaban J connectivity index is 0.00000648. The molecule has 208 valence electrons. The molecule has 0 radical (unpaired) electrons. The van der Waals surface area contributed by atoms with Gasteiger partial charge in [0.1, 0.15) is 5.82 Å². The van der Waals surface area contributed by atoms with Gasteiger partial charge >= 0.3 is 0 Å². The normalized spacial score (nSPS) is 11.4. The first kappa shape index (κ1) is 33.0. The van der Waals surface area contributed by atoms with Gasteiger partial charge in [0.25, 0.3) is 0 Å². The summed E-state index contributed by atoms with van der Waals surface area (Å²) >= 11 is 0. The third kappa shape index (κ3) is 14.6.